The molecule has 0 unspecified atom stereocenters. The predicted octanol–water partition coefficient (Wildman–Crippen LogP) is 1.14. The first-order valence-corrected chi connectivity index (χ1v) is 5.55. The molecule has 0 saturated carbocycles. The molecule has 0 bridgehead atoms. The summed E-state index contributed by atoms with van der Waals surface area (Å²) in [4.78, 5) is 12.5. The average Bonchev–Trinajstić information content (AvgIpc) is 2.29. The van der Waals surface area contributed by atoms with E-state index in [9.17, 15) is 15.2 Å². The number of hydrogen-bond acceptors (Lipinski definition) is 5. The topological polar surface area (TPSA) is 92.6 Å². The zero-order valence-electron chi connectivity index (χ0n) is 9.37. The van der Waals surface area contributed by atoms with Crippen molar-refractivity contribution in [3.63, 3.8) is 0 Å². The molecule has 0 spiro atoms. The summed E-state index contributed by atoms with van der Waals surface area (Å²) in [5.74, 6) is 0. The van der Waals surface area contributed by atoms with Gasteiger partial charge in [-0.3, -0.25) is 10.1 Å². The van der Waals surface area contributed by atoms with Crippen LogP contribution in [0.1, 0.15) is 12.8 Å². The number of nitro benzene ring substituents is 1. The summed E-state index contributed by atoms with van der Waals surface area (Å²) < 4.78 is 0. The molecule has 0 aromatic heterocycles. The largest absolute Gasteiger partial charge is 0.393 e. The van der Waals surface area contributed by atoms with Crippen molar-refractivity contribution in [3.05, 3.63) is 28.3 Å². The van der Waals surface area contributed by atoms with E-state index < -0.39 is 4.92 Å². The van der Waals surface area contributed by atoms with Crippen molar-refractivity contribution < 1.29 is 10.0 Å². The fourth-order valence-electron chi connectivity index (χ4n) is 2.11. The third-order valence-electron chi connectivity index (χ3n) is 3.03. The highest BCUT2D eigenvalue weighted by molar-refractivity contribution is 5.75. The van der Waals surface area contributed by atoms with Gasteiger partial charge < -0.3 is 15.7 Å². The number of hydrogen-bond donors (Lipinski definition) is 2. The highest BCUT2D eigenvalue weighted by Gasteiger charge is 2.25. The van der Waals surface area contributed by atoms with Gasteiger partial charge in [0.05, 0.1) is 11.0 Å². The average molecular weight is 237 g/mol. The van der Waals surface area contributed by atoms with Crippen LogP contribution < -0.4 is 10.6 Å². The smallest absolute Gasteiger partial charge is 0.315 e. The fourth-order valence-corrected chi connectivity index (χ4v) is 2.11. The van der Waals surface area contributed by atoms with Crippen molar-refractivity contribution in [2.75, 3.05) is 23.7 Å². The van der Waals surface area contributed by atoms with Crippen LogP contribution in [0.2, 0.25) is 0 Å². The van der Waals surface area contributed by atoms with Gasteiger partial charge in [-0.1, -0.05) is 6.07 Å². The van der Waals surface area contributed by atoms with Gasteiger partial charge in [-0.05, 0) is 25.0 Å². The molecule has 1 fully saturated rings. The number of rotatable bonds is 2. The number of nitro groups is 1. The molecular formula is C11H15N3O3. The molecule has 1 aliphatic heterocycles. The molecule has 0 atom stereocenters. The molecule has 3 N–H and O–H groups in total. The first-order valence-electron chi connectivity index (χ1n) is 5.55. The Morgan fingerprint density at radius 2 is 2.06 bits per heavy atom. The summed E-state index contributed by atoms with van der Waals surface area (Å²) in [6.45, 7) is 1.23. The minimum absolute atomic E-state index is 0.0381. The maximum absolute atomic E-state index is 11.0. The van der Waals surface area contributed by atoms with Crippen molar-refractivity contribution in [2.45, 2.75) is 18.9 Å². The molecule has 1 saturated heterocycles. The minimum Gasteiger partial charge on any atom is -0.393 e. The molecule has 92 valence electrons. The molecule has 0 radical (unpaired) electrons. The zero-order chi connectivity index (χ0) is 12.4. The van der Waals surface area contributed by atoms with E-state index in [2.05, 4.69) is 0 Å². The van der Waals surface area contributed by atoms with Crippen LogP contribution in [0.15, 0.2) is 18.2 Å². The zero-order valence-corrected chi connectivity index (χ0v) is 9.37. The van der Waals surface area contributed by atoms with Crippen LogP contribution >= 0.6 is 0 Å². The number of para-hydroxylation sites is 1. The lowest BCUT2D eigenvalue weighted by atomic mass is 10.1. The third kappa shape index (κ3) is 2.31. The van der Waals surface area contributed by atoms with E-state index in [1.807, 2.05) is 4.90 Å². The number of nitrogens with two attached hydrogens (primary N) is 1. The van der Waals surface area contributed by atoms with Crippen molar-refractivity contribution >= 4 is 17.1 Å². The van der Waals surface area contributed by atoms with E-state index in [1.165, 1.54) is 6.07 Å². The quantitative estimate of drug-likeness (QED) is 0.457. The van der Waals surface area contributed by atoms with Crippen molar-refractivity contribution in [1.29, 1.82) is 0 Å². The second-order valence-electron chi connectivity index (χ2n) is 4.19. The van der Waals surface area contributed by atoms with Gasteiger partial charge >= 0.3 is 5.69 Å². The Kier molecular flexibility index (Phi) is 3.14. The summed E-state index contributed by atoms with van der Waals surface area (Å²) in [6.07, 6.45) is 0.962. The van der Waals surface area contributed by atoms with E-state index in [1.54, 1.807) is 12.1 Å². The number of piperidine rings is 1. The SMILES string of the molecule is Nc1cccc(N2CCC(O)CC2)c1[N+](=O)[O-]. The Morgan fingerprint density at radius 1 is 1.41 bits per heavy atom. The minimum atomic E-state index is -0.449. The monoisotopic (exact) mass is 237 g/mol. The fraction of sp³-hybridized carbons (Fsp3) is 0.455. The summed E-state index contributed by atoms with van der Waals surface area (Å²) >= 11 is 0. The van der Waals surface area contributed by atoms with E-state index in [-0.39, 0.29) is 17.5 Å². The number of nitrogen functional groups attached to an aromatic ring is 1. The summed E-state index contributed by atoms with van der Waals surface area (Å²) in [7, 11) is 0. The highest BCUT2D eigenvalue weighted by Crippen LogP contribution is 2.34. The number of anilines is 2. The van der Waals surface area contributed by atoms with E-state index in [0.29, 0.717) is 31.6 Å². The second kappa shape index (κ2) is 4.58. The normalized spacial score (nSPS) is 17.1. The Labute approximate surface area is 98.8 Å². The lowest BCUT2D eigenvalue weighted by Crippen LogP contribution is -2.36. The number of benzene rings is 1. The van der Waals surface area contributed by atoms with Gasteiger partial charge in [0.15, 0.2) is 0 Å². The van der Waals surface area contributed by atoms with Gasteiger partial charge in [-0.2, -0.15) is 0 Å². The van der Waals surface area contributed by atoms with Crippen molar-refractivity contribution in [1.82, 2.24) is 0 Å². The van der Waals surface area contributed by atoms with Crippen LogP contribution in [0.3, 0.4) is 0 Å². The summed E-state index contributed by atoms with van der Waals surface area (Å²) in [5, 5.41) is 20.4. The van der Waals surface area contributed by atoms with Gasteiger partial charge in [0.2, 0.25) is 0 Å². The highest BCUT2D eigenvalue weighted by atomic mass is 16.6. The Balaban J connectivity index is 2.32. The van der Waals surface area contributed by atoms with Crippen LogP contribution in [-0.4, -0.2) is 29.2 Å². The third-order valence-corrected chi connectivity index (χ3v) is 3.03. The van der Waals surface area contributed by atoms with Crippen molar-refractivity contribution in [2.24, 2.45) is 0 Å². The van der Waals surface area contributed by atoms with Crippen LogP contribution in [0.25, 0.3) is 0 Å². The van der Waals surface area contributed by atoms with E-state index in [4.69, 9.17) is 5.73 Å². The summed E-state index contributed by atoms with van der Waals surface area (Å²) in [6, 6.07) is 4.94. The van der Waals surface area contributed by atoms with Crippen LogP contribution in [0.4, 0.5) is 17.1 Å². The number of nitrogens with zero attached hydrogens (tertiary/aromatic N) is 2. The first-order chi connectivity index (χ1) is 8.09. The molecular weight excluding hydrogens is 222 g/mol. The maximum atomic E-state index is 11.0. The van der Waals surface area contributed by atoms with E-state index >= 15 is 0 Å². The molecule has 1 aromatic carbocycles. The van der Waals surface area contributed by atoms with Gasteiger partial charge in [-0.15, -0.1) is 0 Å². The molecule has 1 heterocycles. The first kappa shape index (κ1) is 11.7. The predicted molar refractivity (Wildman–Crippen MR) is 65.0 cm³/mol. The molecule has 2 rings (SSSR count). The number of aliphatic hydroxyl groups excluding tert-OH is 1. The molecule has 17 heavy (non-hydrogen) atoms. The van der Waals surface area contributed by atoms with Crippen LogP contribution in [0.5, 0.6) is 0 Å². The maximum Gasteiger partial charge on any atom is 0.315 e. The molecule has 6 heteroatoms. The Hall–Kier alpha value is -1.82. The lowest BCUT2D eigenvalue weighted by Gasteiger charge is -2.31. The molecule has 0 aliphatic carbocycles. The van der Waals surface area contributed by atoms with Gasteiger partial charge in [0.25, 0.3) is 0 Å². The van der Waals surface area contributed by atoms with Gasteiger partial charge in [-0.25, -0.2) is 0 Å². The van der Waals surface area contributed by atoms with E-state index in [0.717, 1.165) is 0 Å². The van der Waals surface area contributed by atoms with Crippen LogP contribution in [0, 0.1) is 10.1 Å². The molecule has 1 aliphatic rings. The standard InChI is InChI=1S/C11H15N3O3/c12-9-2-1-3-10(11(9)14(16)17)13-6-4-8(15)5-7-13/h1-3,8,15H,4-7,12H2. The lowest BCUT2D eigenvalue weighted by molar-refractivity contribution is -0.383. The Morgan fingerprint density at radius 3 is 2.65 bits per heavy atom. The van der Waals surface area contributed by atoms with Gasteiger partial charge in [0.1, 0.15) is 11.4 Å². The second-order valence-corrected chi connectivity index (χ2v) is 4.19. The van der Waals surface area contributed by atoms with Crippen LogP contribution in [-0.2, 0) is 0 Å². The van der Waals surface area contributed by atoms with Gasteiger partial charge in [0, 0.05) is 13.1 Å². The number of aliphatic hydroxyl groups is 1. The van der Waals surface area contributed by atoms with Crippen molar-refractivity contribution in [3.8, 4) is 0 Å². The molecule has 1 aromatic rings. The molecule has 6 nitrogen and oxygen atoms in total. The molecule has 0 amide bonds. The Bertz CT molecular complexity index is 428. The summed E-state index contributed by atoms with van der Waals surface area (Å²) in [5.41, 5.74) is 6.32.